The molecule has 0 saturated heterocycles. The summed E-state index contributed by atoms with van der Waals surface area (Å²) in [5.41, 5.74) is 1.48. The van der Waals surface area contributed by atoms with Gasteiger partial charge in [0.15, 0.2) is 0 Å². The highest BCUT2D eigenvalue weighted by atomic mass is 16.5. The summed E-state index contributed by atoms with van der Waals surface area (Å²) in [4.78, 5) is 39.3. The van der Waals surface area contributed by atoms with Crippen molar-refractivity contribution in [3.8, 4) is 5.75 Å². The average Bonchev–Trinajstić information content (AvgIpc) is 2.75. The van der Waals surface area contributed by atoms with Crippen LogP contribution in [0.15, 0.2) is 89.7 Å². The molecule has 29 heavy (non-hydrogen) atoms. The van der Waals surface area contributed by atoms with Gasteiger partial charge in [-0.1, -0.05) is 36.4 Å². The number of aromatic nitrogens is 1. The zero-order valence-electron chi connectivity index (χ0n) is 15.2. The van der Waals surface area contributed by atoms with E-state index >= 15 is 0 Å². The Morgan fingerprint density at radius 1 is 0.828 bits per heavy atom. The van der Waals surface area contributed by atoms with Gasteiger partial charge in [-0.3, -0.25) is 9.59 Å². The Kier molecular flexibility index (Phi) is 4.90. The normalized spacial score (nSPS) is 10.5. The van der Waals surface area contributed by atoms with E-state index in [-0.39, 0.29) is 17.0 Å². The summed E-state index contributed by atoms with van der Waals surface area (Å²) in [7, 11) is 0. The van der Waals surface area contributed by atoms with E-state index in [1.165, 1.54) is 6.07 Å². The lowest BCUT2D eigenvalue weighted by atomic mass is 10.1. The Morgan fingerprint density at radius 3 is 2.28 bits per heavy atom. The highest BCUT2D eigenvalue weighted by Crippen LogP contribution is 2.20. The van der Waals surface area contributed by atoms with Crippen LogP contribution in [0.2, 0.25) is 0 Å². The molecule has 142 valence electrons. The van der Waals surface area contributed by atoms with Gasteiger partial charge in [-0.15, -0.1) is 0 Å². The highest BCUT2D eigenvalue weighted by molar-refractivity contribution is 6.05. The molecule has 0 bridgehead atoms. The summed E-state index contributed by atoms with van der Waals surface area (Å²) in [6, 6.07) is 23.5. The molecule has 1 aromatic heterocycles. The fourth-order valence-electron chi connectivity index (χ4n) is 2.93. The first-order valence-electron chi connectivity index (χ1n) is 8.91. The molecule has 0 fully saturated rings. The Bertz CT molecular complexity index is 1250. The lowest BCUT2D eigenvalue weighted by Crippen LogP contribution is -2.15. The number of esters is 1. The van der Waals surface area contributed by atoms with Crippen LogP contribution in [-0.4, -0.2) is 16.9 Å². The minimum atomic E-state index is -0.631. The summed E-state index contributed by atoms with van der Waals surface area (Å²) in [5.74, 6) is -0.559. The molecule has 1 heterocycles. The summed E-state index contributed by atoms with van der Waals surface area (Å²) in [5, 5.41) is 3.38. The van der Waals surface area contributed by atoms with Crippen molar-refractivity contribution < 1.29 is 14.3 Å². The highest BCUT2D eigenvalue weighted by Gasteiger charge is 2.14. The molecule has 6 nitrogen and oxygen atoms in total. The molecule has 0 aliphatic rings. The third kappa shape index (κ3) is 4.06. The molecule has 0 spiro atoms. The van der Waals surface area contributed by atoms with E-state index in [0.29, 0.717) is 27.9 Å². The number of pyridine rings is 1. The number of anilines is 1. The number of ether oxygens (including phenoxy) is 1. The van der Waals surface area contributed by atoms with Crippen molar-refractivity contribution in [2.45, 2.75) is 0 Å². The molecule has 0 unspecified atom stereocenters. The van der Waals surface area contributed by atoms with Gasteiger partial charge in [0, 0.05) is 28.2 Å². The number of H-pyrrole nitrogens is 1. The smallest absolute Gasteiger partial charge is 0.344 e. The van der Waals surface area contributed by atoms with Crippen LogP contribution in [0.4, 0.5) is 5.69 Å². The second-order valence-corrected chi connectivity index (χ2v) is 6.33. The van der Waals surface area contributed by atoms with Gasteiger partial charge >= 0.3 is 5.97 Å². The van der Waals surface area contributed by atoms with Crippen molar-refractivity contribution in [1.82, 2.24) is 4.98 Å². The van der Waals surface area contributed by atoms with Crippen LogP contribution in [-0.2, 0) is 0 Å². The van der Waals surface area contributed by atoms with Crippen LogP contribution in [0, 0.1) is 0 Å². The van der Waals surface area contributed by atoms with Crippen LogP contribution in [0.3, 0.4) is 0 Å². The third-order valence-corrected chi connectivity index (χ3v) is 4.33. The lowest BCUT2D eigenvalue weighted by molar-refractivity contribution is 0.0736. The first-order chi connectivity index (χ1) is 14.1. The molecule has 3 aromatic carbocycles. The largest absolute Gasteiger partial charge is 0.423 e. The standard InChI is InChI=1S/C23H16N2O4/c26-21-14-19(18-8-4-5-9-20(18)25-21)23(28)29-17-12-10-16(11-13-17)24-22(27)15-6-2-1-3-7-15/h1-14H,(H,24,27)(H,25,26). The van der Waals surface area contributed by atoms with Crippen LogP contribution in [0.1, 0.15) is 20.7 Å². The van der Waals surface area contributed by atoms with E-state index in [9.17, 15) is 14.4 Å². The van der Waals surface area contributed by atoms with Crippen molar-refractivity contribution in [3.05, 3.63) is 106 Å². The predicted octanol–water partition coefficient (Wildman–Crippen LogP) is 4.00. The molecule has 1 amide bonds. The number of carbonyl (C=O) groups excluding carboxylic acids is 2. The van der Waals surface area contributed by atoms with Gasteiger partial charge in [0.05, 0.1) is 5.56 Å². The van der Waals surface area contributed by atoms with E-state index in [1.807, 2.05) is 6.07 Å². The van der Waals surface area contributed by atoms with Gasteiger partial charge in [0.25, 0.3) is 5.91 Å². The SMILES string of the molecule is O=C(Nc1ccc(OC(=O)c2cc(=O)[nH]c3ccccc23)cc1)c1ccccc1. The van der Waals surface area contributed by atoms with Gasteiger partial charge in [-0.2, -0.15) is 0 Å². The van der Waals surface area contributed by atoms with Gasteiger partial charge in [0.2, 0.25) is 5.56 Å². The van der Waals surface area contributed by atoms with Crippen molar-refractivity contribution >= 4 is 28.5 Å². The lowest BCUT2D eigenvalue weighted by Gasteiger charge is -2.09. The number of amides is 1. The van der Waals surface area contributed by atoms with Crippen molar-refractivity contribution in [1.29, 1.82) is 0 Å². The van der Waals surface area contributed by atoms with Crippen LogP contribution in [0.5, 0.6) is 5.75 Å². The first kappa shape index (κ1) is 18.2. The Morgan fingerprint density at radius 2 is 1.52 bits per heavy atom. The Hall–Kier alpha value is -4.19. The van der Waals surface area contributed by atoms with Crippen molar-refractivity contribution in [2.75, 3.05) is 5.32 Å². The maximum atomic E-state index is 12.6. The average molecular weight is 384 g/mol. The number of para-hydroxylation sites is 1. The summed E-state index contributed by atoms with van der Waals surface area (Å²) >= 11 is 0. The minimum Gasteiger partial charge on any atom is -0.423 e. The van der Waals surface area contributed by atoms with Crippen LogP contribution in [0.25, 0.3) is 10.9 Å². The van der Waals surface area contributed by atoms with Crippen molar-refractivity contribution in [3.63, 3.8) is 0 Å². The number of benzene rings is 3. The summed E-state index contributed by atoms with van der Waals surface area (Å²) in [6.07, 6.45) is 0. The Labute approximate surface area is 165 Å². The number of fused-ring (bicyclic) bond motifs is 1. The molecule has 0 aliphatic carbocycles. The molecule has 4 rings (SSSR count). The number of hydrogen-bond donors (Lipinski definition) is 2. The second-order valence-electron chi connectivity index (χ2n) is 6.33. The van der Waals surface area contributed by atoms with Crippen LogP contribution < -0.4 is 15.6 Å². The maximum absolute atomic E-state index is 12.6. The number of hydrogen-bond acceptors (Lipinski definition) is 4. The maximum Gasteiger partial charge on any atom is 0.344 e. The monoisotopic (exact) mass is 384 g/mol. The van der Waals surface area contributed by atoms with E-state index in [2.05, 4.69) is 10.3 Å². The number of aromatic amines is 1. The fraction of sp³-hybridized carbons (Fsp3) is 0. The van der Waals surface area contributed by atoms with Crippen molar-refractivity contribution in [2.24, 2.45) is 0 Å². The zero-order chi connectivity index (χ0) is 20.2. The molecular weight excluding hydrogens is 368 g/mol. The Balaban J connectivity index is 1.50. The predicted molar refractivity (Wildman–Crippen MR) is 110 cm³/mol. The molecule has 2 N–H and O–H groups in total. The quantitative estimate of drug-likeness (QED) is 0.411. The summed E-state index contributed by atoms with van der Waals surface area (Å²) < 4.78 is 5.40. The second kappa shape index (κ2) is 7.82. The molecule has 6 heteroatoms. The first-order valence-corrected chi connectivity index (χ1v) is 8.91. The number of rotatable bonds is 4. The van der Waals surface area contributed by atoms with Gasteiger partial charge in [-0.25, -0.2) is 4.79 Å². The summed E-state index contributed by atoms with van der Waals surface area (Å²) in [6.45, 7) is 0. The molecule has 0 atom stereocenters. The van der Waals surface area contributed by atoms with Gasteiger partial charge < -0.3 is 15.0 Å². The molecule has 0 aliphatic heterocycles. The number of nitrogens with one attached hydrogen (secondary N) is 2. The van der Waals surface area contributed by atoms with E-state index in [0.717, 1.165) is 0 Å². The third-order valence-electron chi connectivity index (χ3n) is 4.33. The zero-order valence-corrected chi connectivity index (χ0v) is 15.2. The molecule has 0 radical (unpaired) electrons. The molecular formula is C23H16N2O4. The van der Waals surface area contributed by atoms with E-state index in [1.54, 1.807) is 72.8 Å². The minimum absolute atomic E-state index is 0.186. The fourth-order valence-corrected chi connectivity index (χ4v) is 2.93. The van der Waals surface area contributed by atoms with Gasteiger partial charge in [-0.05, 0) is 42.5 Å². The topological polar surface area (TPSA) is 88.3 Å². The number of carbonyl (C=O) groups is 2. The van der Waals surface area contributed by atoms with Gasteiger partial charge in [0.1, 0.15) is 5.75 Å². The molecule has 4 aromatic rings. The van der Waals surface area contributed by atoms with Crippen LogP contribution >= 0.6 is 0 Å². The van der Waals surface area contributed by atoms with E-state index < -0.39 is 5.97 Å². The molecule has 0 saturated carbocycles. The van der Waals surface area contributed by atoms with E-state index in [4.69, 9.17) is 4.74 Å².